The van der Waals surface area contributed by atoms with E-state index >= 15 is 0 Å². The first-order chi connectivity index (χ1) is 10.9. The Bertz CT molecular complexity index is 367. The lowest BCUT2D eigenvalue weighted by molar-refractivity contribution is -0.139. The molecule has 0 aromatic heterocycles. The first kappa shape index (κ1) is 23.9. The van der Waals surface area contributed by atoms with E-state index in [1.54, 1.807) is 0 Å². The van der Waals surface area contributed by atoms with Crippen molar-refractivity contribution in [2.24, 2.45) is 5.92 Å². The summed E-state index contributed by atoms with van der Waals surface area (Å²) >= 11 is 0. The molecule has 0 aromatic carbocycles. The van der Waals surface area contributed by atoms with Gasteiger partial charge in [0.2, 0.25) is 9.76 Å². The van der Waals surface area contributed by atoms with Gasteiger partial charge in [-0.15, -0.1) is 0 Å². The molecule has 0 N–H and O–H groups in total. The summed E-state index contributed by atoms with van der Waals surface area (Å²) in [6.45, 7) is 21.6. The topological polar surface area (TPSA) is 35.5 Å². The Morgan fingerprint density at radius 2 is 1.46 bits per heavy atom. The van der Waals surface area contributed by atoms with E-state index in [4.69, 9.17) is 8.85 Å². The fraction of sp³-hybridized carbons (Fsp3) is 0.947. The molecule has 0 bridgehead atoms. The van der Waals surface area contributed by atoms with Crippen LogP contribution in [-0.4, -0.2) is 29.7 Å². The molecule has 0 fully saturated rings. The van der Waals surface area contributed by atoms with Gasteiger partial charge in [0, 0.05) is 5.60 Å². The van der Waals surface area contributed by atoms with E-state index in [1.807, 2.05) is 27.7 Å². The summed E-state index contributed by atoms with van der Waals surface area (Å²) in [5.74, 6) is -0.106. The van der Waals surface area contributed by atoms with Crippen LogP contribution in [0.4, 0.5) is 0 Å². The van der Waals surface area contributed by atoms with Gasteiger partial charge >= 0.3 is 0 Å². The monoisotopic (exact) mass is 372 g/mol. The highest BCUT2D eigenvalue weighted by Gasteiger charge is 2.50. The molecule has 3 unspecified atom stereocenters. The van der Waals surface area contributed by atoms with E-state index in [0.29, 0.717) is 26.4 Å². The third kappa shape index (κ3) is 6.64. The third-order valence-electron chi connectivity index (χ3n) is 5.12. The maximum absolute atomic E-state index is 12.8. The van der Waals surface area contributed by atoms with Crippen LogP contribution in [-0.2, 0) is 13.6 Å². The Kier molecular flexibility index (Phi) is 10.1. The second kappa shape index (κ2) is 10.1. The molecule has 24 heavy (non-hydrogen) atoms. The Labute approximate surface area is 154 Å². The van der Waals surface area contributed by atoms with Gasteiger partial charge in [0.25, 0.3) is 14.3 Å². The molecule has 0 aliphatic heterocycles. The van der Waals surface area contributed by atoms with Crippen molar-refractivity contribution in [2.75, 3.05) is 0 Å². The zero-order chi connectivity index (χ0) is 19.1. The minimum absolute atomic E-state index is 0.0130. The summed E-state index contributed by atoms with van der Waals surface area (Å²) in [5.41, 5.74) is 1.26. The van der Waals surface area contributed by atoms with Crippen LogP contribution in [0.5, 0.6) is 0 Å². The summed E-state index contributed by atoms with van der Waals surface area (Å²) in [6.07, 6.45) is 2.15. The van der Waals surface area contributed by atoms with Crippen LogP contribution < -0.4 is 0 Å². The number of hydrogen-bond donors (Lipinski definition) is 0. The van der Waals surface area contributed by atoms with Gasteiger partial charge in [-0.05, 0) is 43.4 Å². The fourth-order valence-corrected chi connectivity index (χ4v) is 9.97. The average molecular weight is 373 g/mol. The molecule has 3 atom stereocenters. The number of rotatable bonds is 10. The largest absolute Gasteiger partial charge is 0.518 e. The Hall–Kier alpha value is -0.136. The van der Waals surface area contributed by atoms with Crippen LogP contribution >= 0.6 is 0 Å². The highest BCUT2D eigenvalue weighted by molar-refractivity contribution is 6.79. The lowest BCUT2D eigenvalue weighted by Crippen LogP contribution is -2.51. The van der Waals surface area contributed by atoms with Crippen molar-refractivity contribution in [2.45, 2.75) is 110 Å². The summed E-state index contributed by atoms with van der Waals surface area (Å²) in [7, 11) is -1.83. The van der Waals surface area contributed by atoms with Gasteiger partial charge in [-0.1, -0.05) is 61.3 Å². The number of hydrogen-bond acceptors (Lipinski definition) is 3. The minimum Gasteiger partial charge on any atom is -0.518 e. The standard InChI is InChI=1S/C19H40O3Si2/c1-11-16(6)24(14(3)4,17(7)12-2)21-18(20)15(5)13-23-22-19(8,9)10/h14-17H,11-13H2,1-10H3. The maximum Gasteiger partial charge on any atom is 0.295 e. The van der Waals surface area contributed by atoms with Gasteiger partial charge in [0.05, 0.1) is 5.92 Å². The molecule has 0 saturated carbocycles. The maximum atomic E-state index is 12.8. The molecule has 0 saturated heterocycles. The van der Waals surface area contributed by atoms with Gasteiger partial charge in [-0.3, -0.25) is 4.79 Å². The molecule has 0 aromatic rings. The van der Waals surface area contributed by atoms with Crippen LogP contribution in [0.1, 0.15) is 82.1 Å². The van der Waals surface area contributed by atoms with E-state index in [2.05, 4.69) is 41.5 Å². The van der Waals surface area contributed by atoms with Crippen molar-refractivity contribution in [3.05, 3.63) is 0 Å². The van der Waals surface area contributed by atoms with Gasteiger partial charge in [0.15, 0.2) is 0 Å². The highest BCUT2D eigenvalue weighted by Crippen LogP contribution is 2.46. The first-order valence-electron chi connectivity index (χ1n) is 9.55. The lowest BCUT2D eigenvalue weighted by Gasteiger charge is -2.44. The number of carbonyl (C=O) groups is 1. The zero-order valence-electron chi connectivity index (χ0n) is 17.7. The van der Waals surface area contributed by atoms with Gasteiger partial charge < -0.3 is 8.85 Å². The van der Waals surface area contributed by atoms with Crippen LogP contribution in [0.2, 0.25) is 22.7 Å². The summed E-state index contributed by atoms with van der Waals surface area (Å²) in [6, 6.07) is 0.750. The van der Waals surface area contributed by atoms with Crippen molar-refractivity contribution in [3.63, 3.8) is 0 Å². The van der Waals surface area contributed by atoms with E-state index < -0.39 is 8.32 Å². The van der Waals surface area contributed by atoms with Crippen LogP contribution in [0, 0.1) is 5.92 Å². The summed E-state index contributed by atoms with van der Waals surface area (Å²) in [5, 5.41) is 0. The molecular formula is C19H40O3Si2. The van der Waals surface area contributed by atoms with Crippen molar-refractivity contribution in [1.29, 1.82) is 0 Å². The predicted octanol–water partition coefficient (Wildman–Crippen LogP) is 5.97. The lowest BCUT2D eigenvalue weighted by atomic mass is 10.2. The molecule has 0 rings (SSSR count). The second-order valence-electron chi connectivity index (χ2n) is 8.51. The highest BCUT2D eigenvalue weighted by atomic mass is 28.4. The van der Waals surface area contributed by atoms with E-state index in [0.717, 1.165) is 18.9 Å². The molecule has 2 radical (unpaired) electrons. The molecule has 5 heteroatoms. The third-order valence-corrected chi connectivity index (χ3v) is 12.9. The van der Waals surface area contributed by atoms with Crippen LogP contribution in [0.3, 0.4) is 0 Å². The van der Waals surface area contributed by atoms with Gasteiger partial charge in [-0.2, -0.15) is 0 Å². The Morgan fingerprint density at radius 1 is 1.00 bits per heavy atom. The van der Waals surface area contributed by atoms with E-state index in [1.165, 1.54) is 0 Å². The quantitative estimate of drug-likeness (QED) is 0.443. The first-order valence-corrected chi connectivity index (χ1v) is 12.8. The molecule has 0 aliphatic rings. The summed E-state index contributed by atoms with van der Waals surface area (Å²) in [4.78, 5) is 12.8. The van der Waals surface area contributed by atoms with Crippen molar-refractivity contribution in [1.82, 2.24) is 0 Å². The van der Waals surface area contributed by atoms with Crippen molar-refractivity contribution < 1.29 is 13.6 Å². The predicted molar refractivity (Wildman–Crippen MR) is 107 cm³/mol. The minimum atomic E-state index is -2.17. The average Bonchev–Trinajstić information content (AvgIpc) is 2.48. The van der Waals surface area contributed by atoms with Crippen molar-refractivity contribution >= 4 is 24.0 Å². The van der Waals surface area contributed by atoms with Crippen LogP contribution in [0.25, 0.3) is 0 Å². The zero-order valence-corrected chi connectivity index (χ0v) is 19.7. The Balaban J connectivity index is 5.10. The second-order valence-corrected chi connectivity index (χ2v) is 14.5. The molecule has 142 valence electrons. The van der Waals surface area contributed by atoms with E-state index in [9.17, 15) is 4.79 Å². The summed E-state index contributed by atoms with van der Waals surface area (Å²) < 4.78 is 12.2. The van der Waals surface area contributed by atoms with Gasteiger partial charge in [0.1, 0.15) is 0 Å². The molecule has 0 heterocycles. The fourth-order valence-electron chi connectivity index (χ4n) is 3.32. The smallest absolute Gasteiger partial charge is 0.295 e. The molecule has 0 aliphatic carbocycles. The van der Waals surface area contributed by atoms with Crippen molar-refractivity contribution in [3.8, 4) is 0 Å². The normalized spacial score (nSPS) is 18.8. The molecule has 0 spiro atoms. The van der Waals surface area contributed by atoms with Gasteiger partial charge in [-0.25, -0.2) is 0 Å². The SMILES string of the molecule is CCC(C)[Si](OC(=O)C(C)C[Si]OC(C)(C)C)(C(C)C)C(C)CC. The van der Waals surface area contributed by atoms with Crippen LogP contribution in [0.15, 0.2) is 0 Å². The molecular weight excluding hydrogens is 332 g/mol. The van der Waals surface area contributed by atoms with E-state index in [-0.39, 0.29) is 17.5 Å². The molecule has 0 amide bonds. The number of carbonyl (C=O) groups excluding carboxylic acids is 1. The molecule has 3 nitrogen and oxygen atoms in total. The Morgan fingerprint density at radius 3 is 1.79 bits per heavy atom.